The van der Waals surface area contributed by atoms with Crippen LogP contribution in [0.5, 0.6) is 0 Å². The Morgan fingerprint density at radius 2 is 2.07 bits per heavy atom. The van der Waals surface area contributed by atoms with Crippen molar-refractivity contribution < 1.29 is 4.79 Å². The zero-order valence-electron chi connectivity index (χ0n) is 9.37. The Kier molecular flexibility index (Phi) is 2.08. The molecular weight excluding hydrogens is 188 g/mol. The maximum atomic E-state index is 11.8. The van der Waals surface area contributed by atoms with Crippen molar-refractivity contribution in [2.24, 2.45) is 5.73 Å². The van der Waals surface area contributed by atoms with Gasteiger partial charge in [0.1, 0.15) is 0 Å². The van der Waals surface area contributed by atoms with Crippen molar-refractivity contribution in [3.8, 4) is 0 Å². The van der Waals surface area contributed by atoms with E-state index in [9.17, 15) is 4.79 Å². The summed E-state index contributed by atoms with van der Waals surface area (Å²) in [7, 11) is 1.82. The van der Waals surface area contributed by atoms with Gasteiger partial charge in [0, 0.05) is 24.7 Å². The molecule has 1 amide bonds. The minimum Gasteiger partial charge on any atom is -0.337 e. The second-order valence-electron chi connectivity index (χ2n) is 4.75. The molecule has 0 unspecified atom stereocenters. The molecule has 0 aromatic heterocycles. The van der Waals surface area contributed by atoms with E-state index < -0.39 is 5.54 Å². The number of nitrogens with two attached hydrogens (primary N) is 1. The highest BCUT2D eigenvalue weighted by atomic mass is 16.2. The Balaban J connectivity index is 2.49. The first-order valence-corrected chi connectivity index (χ1v) is 5.07. The van der Waals surface area contributed by atoms with Crippen LogP contribution in [0.15, 0.2) is 18.2 Å². The molecule has 0 bridgehead atoms. The topological polar surface area (TPSA) is 46.3 Å². The summed E-state index contributed by atoms with van der Waals surface area (Å²) in [5.74, 6) is 0.0936. The van der Waals surface area contributed by atoms with Gasteiger partial charge in [-0.3, -0.25) is 4.79 Å². The Bertz CT molecular complexity index is 418. The van der Waals surface area contributed by atoms with Crippen LogP contribution in [0.2, 0.25) is 0 Å². The summed E-state index contributed by atoms with van der Waals surface area (Å²) >= 11 is 0. The van der Waals surface area contributed by atoms with Crippen molar-refractivity contribution in [1.29, 1.82) is 0 Å². The van der Waals surface area contributed by atoms with Gasteiger partial charge in [-0.1, -0.05) is 12.1 Å². The van der Waals surface area contributed by atoms with Gasteiger partial charge in [-0.15, -0.1) is 0 Å². The largest absolute Gasteiger partial charge is 0.337 e. The number of amides is 1. The third kappa shape index (κ3) is 1.63. The molecule has 0 atom stereocenters. The summed E-state index contributed by atoms with van der Waals surface area (Å²) < 4.78 is 0. The second-order valence-corrected chi connectivity index (χ2v) is 4.75. The van der Waals surface area contributed by atoms with E-state index >= 15 is 0 Å². The molecule has 3 heteroatoms. The van der Waals surface area contributed by atoms with E-state index in [1.54, 1.807) is 4.90 Å². The number of rotatable bonds is 1. The molecule has 0 saturated carbocycles. The quantitative estimate of drug-likeness (QED) is 0.753. The van der Waals surface area contributed by atoms with Gasteiger partial charge >= 0.3 is 0 Å². The molecule has 15 heavy (non-hydrogen) atoms. The van der Waals surface area contributed by atoms with Gasteiger partial charge < -0.3 is 10.6 Å². The predicted molar refractivity (Wildman–Crippen MR) is 59.5 cm³/mol. The van der Waals surface area contributed by atoms with Gasteiger partial charge in [0.05, 0.1) is 0 Å². The molecule has 0 radical (unpaired) electrons. The molecule has 0 saturated heterocycles. The zero-order valence-corrected chi connectivity index (χ0v) is 9.37. The lowest BCUT2D eigenvalue weighted by Crippen LogP contribution is -2.28. The lowest BCUT2D eigenvalue weighted by Gasteiger charge is -2.19. The minimum atomic E-state index is -0.392. The highest BCUT2D eigenvalue weighted by molar-refractivity contribution is 5.98. The molecule has 0 aliphatic carbocycles. The maximum absolute atomic E-state index is 11.8. The van der Waals surface area contributed by atoms with Gasteiger partial charge in [0.2, 0.25) is 0 Å². The van der Waals surface area contributed by atoms with Crippen LogP contribution in [0, 0.1) is 0 Å². The van der Waals surface area contributed by atoms with Crippen LogP contribution in [0.25, 0.3) is 0 Å². The first kappa shape index (κ1) is 10.2. The molecule has 2 rings (SSSR count). The van der Waals surface area contributed by atoms with E-state index in [4.69, 9.17) is 5.73 Å². The first-order chi connectivity index (χ1) is 6.89. The van der Waals surface area contributed by atoms with E-state index in [0.717, 1.165) is 16.7 Å². The highest BCUT2D eigenvalue weighted by Gasteiger charge is 2.26. The van der Waals surface area contributed by atoms with Crippen molar-refractivity contribution in [2.45, 2.75) is 25.9 Å². The number of hydrogen-bond acceptors (Lipinski definition) is 2. The molecule has 2 N–H and O–H groups in total. The molecule has 1 aliphatic rings. The normalized spacial score (nSPS) is 15.7. The molecule has 1 heterocycles. The van der Waals surface area contributed by atoms with Gasteiger partial charge in [-0.25, -0.2) is 0 Å². The smallest absolute Gasteiger partial charge is 0.254 e. The van der Waals surface area contributed by atoms with E-state index in [-0.39, 0.29) is 5.91 Å². The number of hydrogen-bond donors (Lipinski definition) is 1. The van der Waals surface area contributed by atoms with E-state index in [0.29, 0.717) is 6.54 Å². The average Bonchev–Trinajstić information content (AvgIpc) is 2.41. The summed E-state index contributed by atoms with van der Waals surface area (Å²) in [6, 6.07) is 5.92. The Morgan fingerprint density at radius 1 is 1.40 bits per heavy atom. The van der Waals surface area contributed by atoms with Crippen LogP contribution in [-0.2, 0) is 12.1 Å². The molecule has 1 aromatic carbocycles. The van der Waals surface area contributed by atoms with Crippen LogP contribution in [-0.4, -0.2) is 17.9 Å². The van der Waals surface area contributed by atoms with Gasteiger partial charge in [-0.05, 0) is 31.0 Å². The van der Waals surface area contributed by atoms with E-state index in [1.165, 1.54) is 0 Å². The molecule has 1 aliphatic heterocycles. The van der Waals surface area contributed by atoms with Gasteiger partial charge in [0.25, 0.3) is 5.91 Å². The van der Waals surface area contributed by atoms with E-state index in [2.05, 4.69) is 0 Å². The Labute approximate surface area is 89.9 Å². The SMILES string of the molecule is CN1Cc2ccc(C(C)(C)N)cc2C1=O. The monoisotopic (exact) mass is 204 g/mol. The standard InChI is InChI=1S/C12H16N2O/c1-12(2,13)9-5-4-8-7-14(3)11(15)10(8)6-9/h4-6H,7,13H2,1-3H3. The van der Waals surface area contributed by atoms with Gasteiger partial charge in [-0.2, -0.15) is 0 Å². The summed E-state index contributed by atoms with van der Waals surface area (Å²) in [6.07, 6.45) is 0. The third-order valence-corrected chi connectivity index (χ3v) is 2.84. The highest BCUT2D eigenvalue weighted by Crippen LogP contribution is 2.26. The van der Waals surface area contributed by atoms with E-state index in [1.807, 2.05) is 39.1 Å². The fourth-order valence-corrected chi connectivity index (χ4v) is 1.85. The lowest BCUT2D eigenvalue weighted by atomic mass is 9.93. The molecule has 0 fully saturated rings. The van der Waals surface area contributed by atoms with Crippen molar-refractivity contribution in [1.82, 2.24) is 4.90 Å². The number of benzene rings is 1. The number of carbonyl (C=O) groups is 1. The summed E-state index contributed by atoms with van der Waals surface area (Å²) in [6.45, 7) is 4.59. The van der Waals surface area contributed by atoms with Crippen LogP contribution in [0.4, 0.5) is 0 Å². The van der Waals surface area contributed by atoms with Crippen LogP contribution >= 0.6 is 0 Å². The fraction of sp³-hybridized carbons (Fsp3) is 0.417. The van der Waals surface area contributed by atoms with Crippen molar-refractivity contribution >= 4 is 5.91 Å². The molecule has 0 spiro atoms. The second kappa shape index (κ2) is 3.07. The van der Waals surface area contributed by atoms with Crippen LogP contribution in [0.1, 0.15) is 35.3 Å². The van der Waals surface area contributed by atoms with Crippen molar-refractivity contribution in [2.75, 3.05) is 7.05 Å². The molecule has 80 valence electrons. The maximum Gasteiger partial charge on any atom is 0.254 e. The van der Waals surface area contributed by atoms with Crippen molar-refractivity contribution in [3.05, 3.63) is 34.9 Å². The average molecular weight is 204 g/mol. The molecule has 3 nitrogen and oxygen atoms in total. The number of carbonyl (C=O) groups excluding carboxylic acids is 1. The van der Waals surface area contributed by atoms with Crippen molar-refractivity contribution in [3.63, 3.8) is 0 Å². The Morgan fingerprint density at radius 3 is 2.67 bits per heavy atom. The fourth-order valence-electron chi connectivity index (χ4n) is 1.85. The molecular formula is C12H16N2O. The third-order valence-electron chi connectivity index (χ3n) is 2.84. The summed E-state index contributed by atoms with van der Waals surface area (Å²) in [5.41, 5.74) is 8.51. The zero-order chi connectivity index (χ0) is 11.2. The van der Waals surface area contributed by atoms with Crippen LogP contribution < -0.4 is 5.73 Å². The Hall–Kier alpha value is -1.35. The summed E-state index contributed by atoms with van der Waals surface area (Å²) in [4.78, 5) is 13.5. The van der Waals surface area contributed by atoms with Gasteiger partial charge in [0.15, 0.2) is 0 Å². The van der Waals surface area contributed by atoms with Crippen LogP contribution in [0.3, 0.4) is 0 Å². The number of nitrogens with zero attached hydrogens (tertiary/aromatic N) is 1. The lowest BCUT2D eigenvalue weighted by molar-refractivity contribution is 0.0816. The first-order valence-electron chi connectivity index (χ1n) is 5.07. The predicted octanol–water partition coefficient (Wildman–Crippen LogP) is 1.47. The number of fused-ring (bicyclic) bond motifs is 1. The minimum absolute atomic E-state index is 0.0936. The summed E-state index contributed by atoms with van der Waals surface area (Å²) in [5, 5.41) is 0. The molecule has 1 aromatic rings.